The van der Waals surface area contributed by atoms with Crippen LogP contribution >= 0.6 is 0 Å². The summed E-state index contributed by atoms with van der Waals surface area (Å²) < 4.78 is 0. The normalized spacial score (nSPS) is 42.4. The highest BCUT2D eigenvalue weighted by Gasteiger charge is 2.58. The molecule has 8 unspecified atom stereocenters. The van der Waals surface area contributed by atoms with Crippen molar-refractivity contribution in [1.29, 1.82) is 0 Å². The Kier molecular flexibility index (Phi) is 9.68. The molecule has 0 nitrogen and oxygen atoms in total. The highest BCUT2D eigenvalue weighted by molar-refractivity contribution is 6.08. The zero-order chi connectivity index (χ0) is 21.7. The van der Waals surface area contributed by atoms with Gasteiger partial charge in [-0.1, -0.05) is 80.5 Å². The Labute approximate surface area is 186 Å². The third kappa shape index (κ3) is 4.95. The monoisotopic (exact) mass is 400 g/mol. The lowest BCUT2D eigenvalue weighted by atomic mass is 9.47. The first-order valence-corrected chi connectivity index (χ1v) is 13.6. The average Bonchev–Trinajstić information content (AvgIpc) is 3.08. The molecule has 0 aromatic heterocycles. The number of unbranched alkanes of at least 4 members (excludes halogenated alkanes) is 2. The molecule has 0 bridgehead atoms. The maximum absolute atomic E-state index is 6.12. The molecule has 3 rings (SSSR count). The fourth-order valence-electron chi connectivity index (χ4n) is 8.53. The van der Waals surface area contributed by atoms with Crippen LogP contribution in [0.25, 0.3) is 0 Å². The van der Waals surface area contributed by atoms with Crippen LogP contribution in [0.4, 0.5) is 0 Å². The second-order valence-corrected chi connectivity index (χ2v) is 11.4. The average molecular weight is 401 g/mol. The van der Waals surface area contributed by atoms with Crippen molar-refractivity contribution in [3.8, 4) is 0 Å². The molecule has 0 saturated heterocycles. The minimum atomic E-state index is 0.590. The van der Waals surface area contributed by atoms with Crippen LogP contribution in [-0.4, -0.2) is 7.85 Å². The van der Waals surface area contributed by atoms with Gasteiger partial charge in [-0.15, -0.1) is 0 Å². The van der Waals surface area contributed by atoms with E-state index in [0.29, 0.717) is 16.7 Å². The molecule has 168 valence electrons. The van der Waals surface area contributed by atoms with E-state index in [1.807, 2.05) is 13.8 Å². The fraction of sp³-hybridized carbons (Fsp3) is 1.00. The number of hydrogen-bond acceptors (Lipinski definition) is 0. The first-order chi connectivity index (χ1) is 13.9. The summed E-state index contributed by atoms with van der Waals surface area (Å²) in [5.41, 5.74) is 1.22. The van der Waals surface area contributed by atoms with Crippen molar-refractivity contribution in [1.82, 2.24) is 0 Å². The van der Waals surface area contributed by atoms with Crippen molar-refractivity contribution >= 4 is 7.85 Å². The van der Waals surface area contributed by atoms with Crippen LogP contribution in [0, 0.1) is 46.3 Å². The topological polar surface area (TPSA) is 0 Å². The molecule has 0 N–H and O–H groups in total. The predicted molar refractivity (Wildman–Crippen MR) is 131 cm³/mol. The first kappa shape index (κ1) is 25.3. The number of fused-ring (bicyclic) bond motifs is 3. The van der Waals surface area contributed by atoms with E-state index in [-0.39, 0.29) is 0 Å². The summed E-state index contributed by atoms with van der Waals surface area (Å²) in [6, 6.07) is 0. The van der Waals surface area contributed by atoms with Crippen molar-refractivity contribution in [2.24, 2.45) is 46.3 Å². The quantitative estimate of drug-likeness (QED) is 0.281. The van der Waals surface area contributed by atoms with Crippen molar-refractivity contribution in [2.45, 2.75) is 132 Å². The van der Waals surface area contributed by atoms with Gasteiger partial charge in [0.1, 0.15) is 0 Å². The van der Waals surface area contributed by atoms with Gasteiger partial charge in [-0.05, 0) is 97.7 Å². The highest BCUT2D eigenvalue weighted by Crippen LogP contribution is 2.66. The first-order valence-electron chi connectivity index (χ1n) is 13.6. The van der Waals surface area contributed by atoms with E-state index in [1.165, 1.54) is 77.0 Å². The van der Waals surface area contributed by atoms with Crippen LogP contribution in [0.15, 0.2) is 0 Å². The molecule has 0 amide bonds. The van der Waals surface area contributed by atoms with Gasteiger partial charge >= 0.3 is 0 Å². The molecule has 0 aromatic carbocycles. The molecule has 0 heterocycles. The molecule has 2 radical (unpaired) electrons. The second-order valence-electron chi connectivity index (χ2n) is 11.4. The van der Waals surface area contributed by atoms with E-state index in [4.69, 9.17) is 7.85 Å². The zero-order valence-corrected chi connectivity index (χ0v) is 21.2. The molecule has 8 atom stereocenters. The number of hydrogen-bond donors (Lipinski definition) is 0. The Bertz CT molecular complexity index is 473. The van der Waals surface area contributed by atoms with Crippen molar-refractivity contribution < 1.29 is 0 Å². The standard InChI is InChI=1S/C26H47B.C2H6/c1-6-8-9-15-25(4)16-13-21-20(23(25)10-7-2)14-17-26(5)22(19(3)18-27)11-12-24(21)26;1-2/h19-24H,6-18H2,1-5H3;1-2H3. The van der Waals surface area contributed by atoms with E-state index in [9.17, 15) is 0 Å². The minimum Gasteiger partial charge on any atom is -0.0859 e. The summed E-state index contributed by atoms with van der Waals surface area (Å²) in [7, 11) is 6.12. The summed E-state index contributed by atoms with van der Waals surface area (Å²) >= 11 is 0. The third-order valence-electron chi connectivity index (χ3n) is 10.0. The molecule has 29 heavy (non-hydrogen) atoms. The summed E-state index contributed by atoms with van der Waals surface area (Å²) in [5.74, 6) is 5.63. The lowest BCUT2D eigenvalue weighted by Gasteiger charge is -2.58. The Morgan fingerprint density at radius 2 is 1.59 bits per heavy atom. The molecule has 0 aromatic rings. The van der Waals surface area contributed by atoms with Gasteiger partial charge in [0.15, 0.2) is 0 Å². The summed E-state index contributed by atoms with van der Waals surface area (Å²) in [4.78, 5) is 0. The van der Waals surface area contributed by atoms with Gasteiger partial charge in [0, 0.05) is 0 Å². The fourth-order valence-corrected chi connectivity index (χ4v) is 8.53. The third-order valence-corrected chi connectivity index (χ3v) is 10.0. The van der Waals surface area contributed by atoms with Gasteiger partial charge in [0.05, 0.1) is 7.85 Å². The lowest BCUT2D eigenvalue weighted by Crippen LogP contribution is -2.50. The van der Waals surface area contributed by atoms with E-state index in [0.717, 1.165) is 35.9 Å². The van der Waals surface area contributed by atoms with E-state index in [1.54, 1.807) is 0 Å². The largest absolute Gasteiger partial charge is 0.0859 e. The van der Waals surface area contributed by atoms with Gasteiger partial charge in [0.2, 0.25) is 0 Å². The summed E-state index contributed by atoms with van der Waals surface area (Å²) in [6.07, 6.45) is 18.5. The predicted octanol–water partition coefficient (Wildman–Crippen LogP) is 9.09. The second kappa shape index (κ2) is 11.1. The van der Waals surface area contributed by atoms with Crippen LogP contribution in [0.2, 0.25) is 6.32 Å². The molecule has 1 heteroatoms. The molecule has 3 saturated carbocycles. The molecule has 3 fully saturated rings. The summed E-state index contributed by atoms with van der Waals surface area (Å²) in [5, 5.41) is 0. The van der Waals surface area contributed by atoms with Gasteiger partial charge < -0.3 is 0 Å². The molecule has 0 spiro atoms. The Morgan fingerprint density at radius 3 is 2.21 bits per heavy atom. The maximum atomic E-state index is 6.12. The smallest absolute Gasteiger partial charge is 0.0656 e. The zero-order valence-electron chi connectivity index (χ0n) is 21.2. The highest BCUT2D eigenvalue weighted by atomic mass is 14.6. The van der Waals surface area contributed by atoms with Crippen LogP contribution in [0.5, 0.6) is 0 Å². The lowest BCUT2D eigenvalue weighted by molar-refractivity contribution is -0.0900. The van der Waals surface area contributed by atoms with Crippen molar-refractivity contribution in [2.75, 3.05) is 0 Å². The Morgan fingerprint density at radius 1 is 0.897 bits per heavy atom. The van der Waals surface area contributed by atoms with Gasteiger partial charge in [-0.3, -0.25) is 0 Å². The van der Waals surface area contributed by atoms with Crippen LogP contribution in [0.3, 0.4) is 0 Å². The molecule has 3 aliphatic carbocycles. The van der Waals surface area contributed by atoms with E-state index in [2.05, 4.69) is 34.6 Å². The van der Waals surface area contributed by atoms with E-state index >= 15 is 0 Å². The molecule has 0 aliphatic heterocycles. The van der Waals surface area contributed by atoms with E-state index < -0.39 is 0 Å². The van der Waals surface area contributed by atoms with Crippen LogP contribution < -0.4 is 0 Å². The maximum Gasteiger partial charge on any atom is 0.0656 e. The summed E-state index contributed by atoms with van der Waals surface area (Å²) in [6.45, 7) is 16.6. The van der Waals surface area contributed by atoms with Crippen molar-refractivity contribution in [3.63, 3.8) is 0 Å². The molecular weight excluding hydrogens is 347 g/mol. The number of rotatable bonds is 8. The van der Waals surface area contributed by atoms with Gasteiger partial charge in [-0.2, -0.15) is 0 Å². The molecule has 3 aliphatic rings. The Balaban J connectivity index is 0.00000145. The van der Waals surface area contributed by atoms with Crippen molar-refractivity contribution in [3.05, 3.63) is 0 Å². The van der Waals surface area contributed by atoms with Gasteiger partial charge in [-0.25, -0.2) is 0 Å². The Hall–Kier alpha value is 0.0649. The molecular formula is C28H53B. The van der Waals surface area contributed by atoms with Crippen LogP contribution in [0.1, 0.15) is 126 Å². The SMILES string of the molecule is CC.[B]CC(C)C1CCC2C3CCC(C)(CCCCC)C(CCC)C3CCC12C. The van der Waals surface area contributed by atoms with Gasteiger partial charge in [0.25, 0.3) is 0 Å². The minimum absolute atomic E-state index is 0.590. The van der Waals surface area contributed by atoms with Crippen LogP contribution in [-0.2, 0) is 0 Å².